The molecule has 1 saturated heterocycles. The van der Waals surface area contributed by atoms with E-state index in [4.69, 9.17) is 4.74 Å². The molecule has 0 aromatic heterocycles. The Morgan fingerprint density at radius 1 is 1.13 bits per heavy atom. The minimum absolute atomic E-state index is 0.386. The first kappa shape index (κ1) is 11.4. The average Bonchev–Trinajstić information content (AvgIpc) is 2.90. The lowest BCUT2D eigenvalue weighted by atomic mass is 9.87. The summed E-state index contributed by atoms with van der Waals surface area (Å²) in [5.41, 5.74) is 0. The normalized spacial score (nSPS) is 29.8. The predicted octanol–water partition coefficient (Wildman–Crippen LogP) is 2.74. The van der Waals surface area contributed by atoms with E-state index >= 15 is 0 Å². The fourth-order valence-electron chi connectivity index (χ4n) is 3.18. The zero-order chi connectivity index (χ0) is 10.5. The van der Waals surface area contributed by atoms with Crippen molar-refractivity contribution < 1.29 is 9.84 Å². The quantitative estimate of drug-likeness (QED) is 0.759. The molecule has 0 bridgehead atoms. The molecule has 2 fully saturated rings. The van der Waals surface area contributed by atoms with E-state index in [0.29, 0.717) is 18.6 Å². The monoisotopic (exact) mass is 212 g/mol. The van der Waals surface area contributed by atoms with Crippen molar-refractivity contribution in [3.8, 4) is 0 Å². The Morgan fingerprint density at radius 2 is 1.93 bits per heavy atom. The van der Waals surface area contributed by atoms with Gasteiger partial charge in [-0.1, -0.05) is 25.7 Å². The van der Waals surface area contributed by atoms with Crippen molar-refractivity contribution in [3.63, 3.8) is 0 Å². The van der Waals surface area contributed by atoms with Crippen molar-refractivity contribution in [1.82, 2.24) is 0 Å². The van der Waals surface area contributed by atoms with Gasteiger partial charge in [-0.25, -0.2) is 0 Å². The smallest absolute Gasteiger partial charge is 0.0576 e. The first-order valence-corrected chi connectivity index (χ1v) is 6.62. The highest BCUT2D eigenvalue weighted by Gasteiger charge is 2.25. The Labute approximate surface area is 93.0 Å². The number of aliphatic hydroxyl groups is 1. The van der Waals surface area contributed by atoms with Crippen LogP contribution in [0.25, 0.3) is 0 Å². The van der Waals surface area contributed by atoms with E-state index in [-0.39, 0.29) is 0 Å². The van der Waals surface area contributed by atoms with E-state index in [1.807, 2.05) is 0 Å². The molecule has 1 saturated carbocycles. The number of rotatable bonds is 5. The molecule has 2 nitrogen and oxygen atoms in total. The molecule has 2 heteroatoms. The summed E-state index contributed by atoms with van der Waals surface area (Å²) in [5.74, 6) is 1.35. The van der Waals surface area contributed by atoms with Crippen molar-refractivity contribution >= 4 is 0 Å². The molecule has 0 spiro atoms. The summed E-state index contributed by atoms with van der Waals surface area (Å²) in [6, 6.07) is 0. The first-order valence-electron chi connectivity index (χ1n) is 6.62. The van der Waals surface area contributed by atoms with Crippen molar-refractivity contribution in [3.05, 3.63) is 0 Å². The van der Waals surface area contributed by atoms with Crippen LogP contribution in [0, 0.1) is 11.8 Å². The molecular formula is C13H24O2. The molecule has 0 amide bonds. The van der Waals surface area contributed by atoms with Crippen LogP contribution in [0.15, 0.2) is 0 Å². The molecule has 1 N–H and O–H groups in total. The second kappa shape index (κ2) is 5.86. The van der Waals surface area contributed by atoms with E-state index in [1.54, 1.807) is 0 Å². The van der Waals surface area contributed by atoms with Crippen LogP contribution in [-0.2, 0) is 4.74 Å². The van der Waals surface area contributed by atoms with Crippen LogP contribution < -0.4 is 0 Å². The fourth-order valence-corrected chi connectivity index (χ4v) is 3.18. The summed E-state index contributed by atoms with van der Waals surface area (Å²) in [6.07, 6.45) is 10.8. The van der Waals surface area contributed by atoms with Gasteiger partial charge in [0.05, 0.1) is 6.10 Å². The van der Waals surface area contributed by atoms with Crippen LogP contribution in [-0.4, -0.2) is 24.4 Å². The molecule has 0 radical (unpaired) electrons. The van der Waals surface area contributed by atoms with Gasteiger partial charge in [-0.3, -0.25) is 0 Å². The van der Waals surface area contributed by atoms with Crippen LogP contribution >= 0.6 is 0 Å². The molecule has 2 rings (SSSR count). The molecule has 2 aliphatic rings. The standard InChI is InChI=1S/C13H24O2/c14-10-12(11-4-1-2-5-11)7-8-13-6-3-9-15-13/h11-14H,1-10H2. The maximum Gasteiger partial charge on any atom is 0.0576 e. The molecule has 0 aromatic rings. The lowest BCUT2D eigenvalue weighted by molar-refractivity contribution is 0.0854. The number of hydrogen-bond donors (Lipinski definition) is 1. The third-order valence-corrected chi connectivity index (χ3v) is 4.18. The van der Waals surface area contributed by atoms with E-state index in [2.05, 4.69) is 0 Å². The highest BCUT2D eigenvalue weighted by atomic mass is 16.5. The Hall–Kier alpha value is -0.0800. The summed E-state index contributed by atoms with van der Waals surface area (Å²) in [5, 5.41) is 9.42. The third-order valence-electron chi connectivity index (χ3n) is 4.18. The van der Waals surface area contributed by atoms with Gasteiger partial charge < -0.3 is 9.84 Å². The number of ether oxygens (including phenoxy) is 1. The zero-order valence-electron chi connectivity index (χ0n) is 9.66. The average molecular weight is 212 g/mol. The van der Waals surface area contributed by atoms with Crippen molar-refractivity contribution in [2.45, 2.75) is 57.5 Å². The van der Waals surface area contributed by atoms with Gasteiger partial charge in [0.2, 0.25) is 0 Å². The van der Waals surface area contributed by atoms with Crippen LogP contribution in [0.3, 0.4) is 0 Å². The van der Waals surface area contributed by atoms with Gasteiger partial charge in [-0.15, -0.1) is 0 Å². The Kier molecular flexibility index (Phi) is 4.45. The minimum Gasteiger partial charge on any atom is -0.396 e. The molecule has 2 atom stereocenters. The lowest BCUT2D eigenvalue weighted by Gasteiger charge is -2.22. The van der Waals surface area contributed by atoms with Crippen molar-refractivity contribution in [2.24, 2.45) is 11.8 Å². The first-order chi connectivity index (χ1) is 7.40. The number of aliphatic hydroxyl groups excluding tert-OH is 1. The predicted molar refractivity (Wildman–Crippen MR) is 60.7 cm³/mol. The van der Waals surface area contributed by atoms with Crippen LogP contribution in [0.5, 0.6) is 0 Å². The van der Waals surface area contributed by atoms with Gasteiger partial charge in [0.15, 0.2) is 0 Å². The molecule has 1 aliphatic heterocycles. The van der Waals surface area contributed by atoms with Crippen LogP contribution in [0.1, 0.15) is 51.4 Å². The molecule has 88 valence electrons. The third kappa shape index (κ3) is 3.18. The summed E-state index contributed by atoms with van der Waals surface area (Å²) in [7, 11) is 0. The van der Waals surface area contributed by atoms with E-state index in [9.17, 15) is 5.11 Å². The SMILES string of the molecule is OCC(CCC1CCCO1)C1CCCC1. The topological polar surface area (TPSA) is 29.5 Å². The molecule has 15 heavy (non-hydrogen) atoms. The highest BCUT2D eigenvalue weighted by molar-refractivity contribution is 4.77. The second-order valence-electron chi connectivity index (χ2n) is 5.20. The fraction of sp³-hybridized carbons (Fsp3) is 1.00. The molecule has 1 aliphatic carbocycles. The van der Waals surface area contributed by atoms with Crippen molar-refractivity contribution in [2.75, 3.05) is 13.2 Å². The summed E-state index contributed by atoms with van der Waals surface area (Å²) >= 11 is 0. The van der Waals surface area contributed by atoms with Gasteiger partial charge in [0, 0.05) is 13.2 Å². The number of hydrogen-bond acceptors (Lipinski definition) is 2. The van der Waals surface area contributed by atoms with Gasteiger partial charge in [0.1, 0.15) is 0 Å². The van der Waals surface area contributed by atoms with Gasteiger partial charge >= 0.3 is 0 Å². The molecule has 1 heterocycles. The van der Waals surface area contributed by atoms with Gasteiger partial charge in [-0.2, -0.15) is 0 Å². The maximum absolute atomic E-state index is 9.42. The lowest BCUT2D eigenvalue weighted by Crippen LogP contribution is -2.18. The minimum atomic E-state index is 0.386. The van der Waals surface area contributed by atoms with E-state index in [1.165, 1.54) is 51.4 Å². The maximum atomic E-state index is 9.42. The second-order valence-corrected chi connectivity index (χ2v) is 5.20. The highest BCUT2D eigenvalue weighted by Crippen LogP contribution is 2.34. The Morgan fingerprint density at radius 3 is 2.53 bits per heavy atom. The van der Waals surface area contributed by atoms with Crippen LogP contribution in [0.4, 0.5) is 0 Å². The largest absolute Gasteiger partial charge is 0.396 e. The summed E-state index contributed by atoms with van der Waals surface area (Å²) in [6.45, 7) is 1.34. The van der Waals surface area contributed by atoms with Gasteiger partial charge in [0.25, 0.3) is 0 Å². The van der Waals surface area contributed by atoms with Gasteiger partial charge in [-0.05, 0) is 37.5 Å². The summed E-state index contributed by atoms with van der Waals surface area (Å²) in [4.78, 5) is 0. The zero-order valence-corrected chi connectivity index (χ0v) is 9.66. The molecular weight excluding hydrogens is 188 g/mol. The molecule has 0 aromatic carbocycles. The Bertz CT molecular complexity index is 169. The van der Waals surface area contributed by atoms with E-state index < -0.39 is 0 Å². The summed E-state index contributed by atoms with van der Waals surface area (Å²) < 4.78 is 5.63. The van der Waals surface area contributed by atoms with E-state index in [0.717, 1.165) is 12.5 Å². The van der Waals surface area contributed by atoms with Crippen LogP contribution in [0.2, 0.25) is 0 Å². The van der Waals surface area contributed by atoms with Crippen molar-refractivity contribution in [1.29, 1.82) is 0 Å². The Balaban J connectivity index is 1.69. The molecule has 2 unspecified atom stereocenters.